The van der Waals surface area contributed by atoms with Gasteiger partial charge < -0.3 is 0 Å². The van der Waals surface area contributed by atoms with Crippen LogP contribution in [0.4, 0.5) is 0 Å². The van der Waals surface area contributed by atoms with E-state index in [9.17, 15) is 8.42 Å². The number of hydrogen-bond donors (Lipinski definition) is 0. The SMILES string of the molecule is CS(=O)(=O)c1cn[c]c(I)c1. The standard InChI is InChI=1S/C6H5INO2S/c1-11(9,10)6-2-5(7)3-8-4-6/h2,4H,1H3. The second-order valence-electron chi connectivity index (χ2n) is 2.04. The van der Waals surface area contributed by atoms with E-state index in [1.165, 1.54) is 12.3 Å². The molecule has 59 valence electrons. The van der Waals surface area contributed by atoms with Crippen molar-refractivity contribution in [3.63, 3.8) is 0 Å². The van der Waals surface area contributed by atoms with Gasteiger partial charge in [-0.2, -0.15) is 0 Å². The quantitative estimate of drug-likeness (QED) is 0.719. The Morgan fingerprint density at radius 2 is 2.27 bits per heavy atom. The second kappa shape index (κ2) is 3.06. The minimum absolute atomic E-state index is 0.237. The average molecular weight is 282 g/mol. The van der Waals surface area contributed by atoms with Gasteiger partial charge in [0.05, 0.1) is 4.90 Å². The van der Waals surface area contributed by atoms with Crippen LogP contribution in [0.1, 0.15) is 0 Å². The smallest absolute Gasteiger partial charge is 0.177 e. The molecule has 0 atom stereocenters. The summed E-state index contributed by atoms with van der Waals surface area (Å²) < 4.78 is 22.6. The fourth-order valence-electron chi connectivity index (χ4n) is 0.555. The lowest BCUT2D eigenvalue weighted by Gasteiger charge is -1.95. The molecule has 1 radical (unpaired) electrons. The molecular weight excluding hydrogens is 277 g/mol. The van der Waals surface area contributed by atoms with Gasteiger partial charge in [-0.25, -0.2) is 8.42 Å². The topological polar surface area (TPSA) is 47.0 Å². The number of hydrogen-bond acceptors (Lipinski definition) is 3. The lowest BCUT2D eigenvalue weighted by molar-refractivity contribution is 0.601. The Balaban J connectivity index is 3.28. The highest BCUT2D eigenvalue weighted by Crippen LogP contribution is 2.09. The predicted molar refractivity (Wildman–Crippen MR) is 48.9 cm³/mol. The highest BCUT2D eigenvalue weighted by atomic mass is 127. The molecule has 1 aromatic heterocycles. The summed E-state index contributed by atoms with van der Waals surface area (Å²) in [4.78, 5) is 3.88. The summed E-state index contributed by atoms with van der Waals surface area (Å²) in [6, 6.07) is 1.53. The Bertz CT molecular complexity index is 361. The average Bonchev–Trinajstić information content (AvgIpc) is 1.86. The molecule has 0 fully saturated rings. The van der Waals surface area contributed by atoms with Crippen LogP contribution in [0.25, 0.3) is 0 Å². The van der Waals surface area contributed by atoms with Gasteiger partial charge in [0.25, 0.3) is 0 Å². The largest absolute Gasteiger partial charge is 0.252 e. The number of sulfone groups is 1. The van der Waals surface area contributed by atoms with Gasteiger partial charge in [-0.3, -0.25) is 4.98 Å². The third kappa shape index (κ3) is 2.41. The molecule has 0 bridgehead atoms. The number of rotatable bonds is 1. The summed E-state index contributed by atoms with van der Waals surface area (Å²) in [6.07, 6.45) is 5.06. The molecule has 3 nitrogen and oxygen atoms in total. The molecule has 0 spiro atoms. The molecule has 0 amide bonds. The van der Waals surface area contributed by atoms with Gasteiger partial charge in [-0.15, -0.1) is 0 Å². The van der Waals surface area contributed by atoms with Crippen LogP contribution in [0.2, 0.25) is 0 Å². The van der Waals surface area contributed by atoms with Gasteiger partial charge in [-0.05, 0) is 28.7 Å². The van der Waals surface area contributed by atoms with Crippen molar-refractivity contribution < 1.29 is 8.42 Å². The lowest BCUT2D eigenvalue weighted by atomic mass is 10.5. The minimum atomic E-state index is -3.11. The first-order chi connectivity index (χ1) is 5.00. The third-order valence-electron chi connectivity index (χ3n) is 1.06. The minimum Gasteiger partial charge on any atom is -0.252 e. The molecule has 0 aliphatic heterocycles. The number of pyridine rings is 1. The van der Waals surface area contributed by atoms with Crippen molar-refractivity contribution in [3.05, 3.63) is 22.0 Å². The van der Waals surface area contributed by atoms with E-state index < -0.39 is 9.84 Å². The van der Waals surface area contributed by atoms with Gasteiger partial charge in [0.1, 0.15) is 6.20 Å². The molecule has 0 aromatic carbocycles. The molecule has 1 aromatic rings. The first-order valence-corrected chi connectivity index (χ1v) is 5.70. The molecule has 0 aliphatic rings. The number of nitrogens with zero attached hydrogens (tertiary/aromatic N) is 1. The molecule has 0 aliphatic carbocycles. The van der Waals surface area contributed by atoms with E-state index in [1.807, 2.05) is 22.6 Å². The van der Waals surface area contributed by atoms with Crippen LogP contribution in [0.3, 0.4) is 0 Å². The molecule has 5 heteroatoms. The Kier molecular flexibility index (Phi) is 2.48. The zero-order valence-corrected chi connectivity index (χ0v) is 8.68. The summed E-state index contributed by atoms with van der Waals surface area (Å²) >= 11 is 1.96. The van der Waals surface area contributed by atoms with Gasteiger partial charge in [0.2, 0.25) is 0 Å². The van der Waals surface area contributed by atoms with Crippen LogP contribution in [-0.2, 0) is 9.84 Å². The summed E-state index contributed by atoms with van der Waals surface area (Å²) in [5.74, 6) is 0. The maximum Gasteiger partial charge on any atom is 0.177 e. The van der Waals surface area contributed by atoms with Crippen LogP contribution < -0.4 is 0 Å². The van der Waals surface area contributed by atoms with E-state index in [0.29, 0.717) is 3.57 Å². The summed E-state index contributed by atoms with van der Waals surface area (Å²) in [5, 5.41) is 0. The fraction of sp³-hybridized carbons (Fsp3) is 0.167. The van der Waals surface area contributed by atoms with Gasteiger partial charge in [-0.1, -0.05) is 0 Å². The monoisotopic (exact) mass is 282 g/mol. The molecular formula is C6H5INO2S. The van der Waals surface area contributed by atoms with Crippen molar-refractivity contribution in [2.45, 2.75) is 4.90 Å². The molecule has 0 N–H and O–H groups in total. The van der Waals surface area contributed by atoms with E-state index in [4.69, 9.17) is 0 Å². The van der Waals surface area contributed by atoms with Crippen molar-refractivity contribution in [2.75, 3.05) is 6.26 Å². The van der Waals surface area contributed by atoms with Gasteiger partial charge >= 0.3 is 0 Å². The molecule has 1 rings (SSSR count). The van der Waals surface area contributed by atoms with Crippen molar-refractivity contribution in [3.8, 4) is 0 Å². The van der Waals surface area contributed by atoms with Crippen molar-refractivity contribution in [2.24, 2.45) is 0 Å². The van der Waals surface area contributed by atoms with Crippen LogP contribution >= 0.6 is 22.6 Å². The van der Waals surface area contributed by atoms with Crippen LogP contribution in [0.5, 0.6) is 0 Å². The number of halogens is 1. The highest BCUT2D eigenvalue weighted by Gasteiger charge is 2.06. The van der Waals surface area contributed by atoms with E-state index in [-0.39, 0.29) is 4.90 Å². The van der Waals surface area contributed by atoms with Crippen molar-refractivity contribution in [1.29, 1.82) is 0 Å². The second-order valence-corrected chi connectivity index (χ2v) is 5.21. The molecule has 0 saturated heterocycles. The van der Waals surface area contributed by atoms with Crippen LogP contribution in [-0.4, -0.2) is 19.7 Å². The molecule has 11 heavy (non-hydrogen) atoms. The Hall–Kier alpha value is -0.170. The van der Waals surface area contributed by atoms with Gasteiger partial charge in [0.15, 0.2) is 9.84 Å². The normalized spacial score (nSPS) is 11.5. The first-order valence-electron chi connectivity index (χ1n) is 2.73. The fourth-order valence-corrected chi connectivity index (χ4v) is 1.82. The Morgan fingerprint density at radius 3 is 2.64 bits per heavy atom. The van der Waals surface area contributed by atoms with E-state index in [0.717, 1.165) is 6.26 Å². The van der Waals surface area contributed by atoms with Gasteiger partial charge in [0, 0.05) is 16.0 Å². The Morgan fingerprint density at radius 1 is 1.64 bits per heavy atom. The van der Waals surface area contributed by atoms with Crippen molar-refractivity contribution >= 4 is 32.4 Å². The molecule has 0 unspecified atom stereocenters. The third-order valence-corrected chi connectivity index (χ3v) is 2.69. The van der Waals surface area contributed by atoms with E-state index >= 15 is 0 Å². The van der Waals surface area contributed by atoms with Crippen molar-refractivity contribution in [1.82, 2.24) is 4.98 Å². The summed E-state index contributed by atoms with van der Waals surface area (Å²) in [6.45, 7) is 0. The summed E-state index contributed by atoms with van der Waals surface area (Å²) in [7, 11) is -3.11. The maximum absolute atomic E-state index is 10.9. The molecule has 0 saturated carbocycles. The Labute approximate surface area is 78.9 Å². The molecule has 1 heterocycles. The summed E-state index contributed by atoms with van der Waals surface area (Å²) in [5.41, 5.74) is 0. The van der Waals surface area contributed by atoms with Crippen LogP contribution in [0.15, 0.2) is 17.2 Å². The van der Waals surface area contributed by atoms with E-state index in [1.54, 1.807) is 0 Å². The first kappa shape index (κ1) is 8.92. The number of aromatic nitrogens is 1. The lowest BCUT2D eigenvalue weighted by Crippen LogP contribution is -1.97. The maximum atomic E-state index is 10.9. The zero-order valence-electron chi connectivity index (χ0n) is 5.70. The zero-order chi connectivity index (χ0) is 8.48. The van der Waals surface area contributed by atoms with E-state index in [2.05, 4.69) is 11.2 Å². The van der Waals surface area contributed by atoms with Crippen LogP contribution in [0, 0.1) is 9.77 Å². The predicted octanol–water partition coefficient (Wildman–Crippen LogP) is 0.890. The highest BCUT2D eigenvalue weighted by molar-refractivity contribution is 14.1.